The summed E-state index contributed by atoms with van der Waals surface area (Å²) in [7, 11) is 0. The number of nitrogens with two attached hydrogens (primary N) is 1. The third kappa shape index (κ3) is 0.717. The minimum Gasteiger partial charge on any atom is -0.447 e. The molecule has 0 aromatic carbocycles. The van der Waals surface area contributed by atoms with Gasteiger partial charge in [-0.05, 0) is 12.2 Å². The van der Waals surface area contributed by atoms with Crippen LogP contribution in [0.1, 0.15) is 0 Å². The van der Waals surface area contributed by atoms with E-state index in [1.54, 1.807) is 6.26 Å². The Morgan fingerprint density at radius 2 is 2.40 bits per heavy atom. The van der Waals surface area contributed by atoms with Crippen LogP contribution >= 0.6 is 0 Å². The van der Waals surface area contributed by atoms with E-state index in [2.05, 4.69) is 0 Å². The van der Waals surface area contributed by atoms with Crippen LogP contribution in [-0.2, 0) is 4.74 Å². The summed E-state index contributed by atoms with van der Waals surface area (Å²) in [5.41, 5.74) is 5.59. The van der Waals surface area contributed by atoms with Gasteiger partial charge in [-0.1, -0.05) is 0 Å². The number of rotatable bonds is 0. The van der Waals surface area contributed by atoms with E-state index in [9.17, 15) is 0 Å². The number of hydrogen-bond donors (Lipinski definition) is 1. The largest absolute Gasteiger partial charge is 0.447 e. The van der Waals surface area contributed by atoms with Crippen molar-refractivity contribution in [2.45, 2.75) is 6.04 Å². The van der Waals surface area contributed by atoms with Crippen molar-refractivity contribution in [2.24, 2.45) is 5.73 Å². The number of nitrogens with zero attached hydrogens (tertiary/aromatic N) is 1. The van der Waals surface area contributed by atoms with Crippen molar-refractivity contribution in [3.63, 3.8) is 0 Å². The molecule has 0 fully saturated rings. The Kier molecular flexibility index (Phi) is 1.05. The summed E-state index contributed by atoms with van der Waals surface area (Å²) in [5.74, 6) is 0.801. The minimum atomic E-state index is -0.00819. The van der Waals surface area contributed by atoms with Gasteiger partial charge in [0.25, 0.3) is 0 Å². The third-order valence-electron chi connectivity index (χ3n) is 1.47. The monoisotopic (exact) mass is 136 g/mol. The zero-order valence-electron chi connectivity index (χ0n) is 5.40. The van der Waals surface area contributed by atoms with Crippen molar-refractivity contribution in [1.29, 1.82) is 0 Å². The molecule has 3 heteroatoms. The number of hydrogen-bond acceptors (Lipinski definition) is 3. The first-order valence-corrected chi connectivity index (χ1v) is 3.14. The van der Waals surface area contributed by atoms with E-state index in [1.807, 2.05) is 29.5 Å². The molecule has 10 heavy (non-hydrogen) atoms. The summed E-state index contributed by atoms with van der Waals surface area (Å²) in [6.45, 7) is 0. The molecule has 1 atom stereocenters. The molecule has 0 aromatic heterocycles. The highest BCUT2D eigenvalue weighted by Gasteiger charge is 2.14. The Morgan fingerprint density at radius 1 is 1.50 bits per heavy atom. The van der Waals surface area contributed by atoms with Crippen LogP contribution in [0.5, 0.6) is 0 Å². The highest BCUT2D eigenvalue weighted by Crippen LogP contribution is 2.19. The first-order chi connectivity index (χ1) is 4.86. The molecule has 0 saturated heterocycles. The van der Waals surface area contributed by atoms with E-state index in [-0.39, 0.29) is 6.04 Å². The van der Waals surface area contributed by atoms with Crippen LogP contribution in [0.25, 0.3) is 0 Å². The molecule has 0 radical (unpaired) electrons. The highest BCUT2D eigenvalue weighted by atomic mass is 16.5. The van der Waals surface area contributed by atoms with Gasteiger partial charge in [-0.25, -0.2) is 0 Å². The fourth-order valence-electron chi connectivity index (χ4n) is 0.961. The first-order valence-electron chi connectivity index (χ1n) is 3.14. The second kappa shape index (κ2) is 1.88. The second-order valence-electron chi connectivity index (χ2n) is 2.23. The van der Waals surface area contributed by atoms with Crippen LogP contribution < -0.4 is 5.73 Å². The molecule has 0 aliphatic carbocycles. The molecule has 2 aliphatic rings. The molecule has 0 amide bonds. The standard InChI is InChI=1S/C7H8N2O/c8-6-1-2-9-3-4-10-7(9)5-6/h1-6H,8H2/t6-/m0/s1. The molecule has 0 spiro atoms. The molecular weight excluding hydrogens is 128 g/mol. The maximum atomic E-state index is 5.59. The van der Waals surface area contributed by atoms with Gasteiger partial charge in [-0.15, -0.1) is 0 Å². The topological polar surface area (TPSA) is 38.5 Å². The Balaban J connectivity index is 2.27. The summed E-state index contributed by atoms with van der Waals surface area (Å²) in [4.78, 5) is 1.88. The van der Waals surface area contributed by atoms with Crippen LogP contribution in [0.4, 0.5) is 0 Å². The first kappa shape index (κ1) is 5.56. The molecule has 2 N–H and O–H groups in total. The smallest absolute Gasteiger partial charge is 0.201 e. The molecule has 0 saturated carbocycles. The predicted octanol–water partition coefficient (Wildman–Crippen LogP) is 0.486. The van der Waals surface area contributed by atoms with Gasteiger partial charge in [0, 0.05) is 18.4 Å². The van der Waals surface area contributed by atoms with E-state index in [0.717, 1.165) is 5.88 Å². The van der Waals surface area contributed by atoms with Gasteiger partial charge in [0.1, 0.15) is 6.26 Å². The van der Waals surface area contributed by atoms with Crippen LogP contribution in [0, 0.1) is 0 Å². The van der Waals surface area contributed by atoms with Crippen molar-refractivity contribution in [3.8, 4) is 0 Å². The number of fused-ring (bicyclic) bond motifs is 1. The van der Waals surface area contributed by atoms with Crippen molar-refractivity contribution < 1.29 is 4.74 Å². The Hall–Kier alpha value is -1.22. The van der Waals surface area contributed by atoms with Crippen molar-refractivity contribution >= 4 is 0 Å². The summed E-state index contributed by atoms with van der Waals surface area (Å²) < 4.78 is 5.10. The Bertz CT molecular complexity index is 230. The normalized spacial score (nSPS) is 27.9. The van der Waals surface area contributed by atoms with E-state index >= 15 is 0 Å². The van der Waals surface area contributed by atoms with Crippen molar-refractivity contribution in [3.05, 3.63) is 36.7 Å². The van der Waals surface area contributed by atoms with E-state index in [0.29, 0.717) is 0 Å². The molecule has 0 aromatic rings. The van der Waals surface area contributed by atoms with Gasteiger partial charge in [0.15, 0.2) is 0 Å². The molecule has 0 bridgehead atoms. The minimum absolute atomic E-state index is 0.00819. The van der Waals surface area contributed by atoms with Crippen LogP contribution in [0.2, 0.25) is 0 Å². The summed E-state index contributed by atoms with van der Waals surface area (Å²) in [5, 5.41) is 0. The van der Waals surface area contributed by atoms with Gasteiger partial charge < -0.3 is 10.5 Å². The molecule has 2 rings (SSSR count). The predicted molar refractivity (Wildman–Crippen MR) is 37.3 cm³/mol. The average Bonchev–Trinajstić information content (AvgIpc) is 2.33. The van der Waals surface area contributed by atoms with E-state index in [1.165, 1.54) is 0 Å². The Labute approximate surface area is 59.1 Å². The molecule has 2 heterocycles. The van der Waals surface area contributed by atoms with Crippen molar-refractivity contribution in [2.75, 3.05) is 0 Å². The number of ether oxygens (including phenoxy) is 1. The fraction of sp³-hybridized carbons (Fsp3) is 0.143. The van der Waals surface area contributed by atoms with Crippen LogP contribution in [0.15, 0.2) is 36.7 Å². The van der Waals surface area contributed by atoms with Gasteiger partial charge in [0.2, 0.25) is 5.88 Å². The van der Waals surface area contributed by atoms with Crippen LogP contribution in [-0.4, -0.2) is 10.9 Å². The summed E-state index contributed by atoms with van der Waals surface area (Å²) in [6, 6.07) is -0.00819. The summed E-state index contributed by atoms with van der Waals surface area (Å²) in [6.07, 6.45) is 9.13. The van der Waals surface area contributed by atoms with Crippen LogP contribution in [0.3, 0.4) is 0 Å². The van der Waals surface area contributed by atoms with Gasteiger partial charge in [-0.3, -0.25) is 4.90 Å². The van der Waals surface area contributed by atoms with E-state index < -0.39 is 0 Å². The lowest BCUT2D eigenvalue weighted by Gasteiger charge is -2.16. The Morgan fingerprint density at radius 3 is 3.30 bits per heavy atom. The maximum absolute atomic E-state index is 5.59. The molecule has 52 valence electrons. The zero-order chi connectivity index (χ0) is 6.97. The average molecular weight is 136 g/mol. The molecule has 0 unspecified atom stereocenters. The van der Waals surface area contributed by atoms with Crippen molar-refractivity contribution in [1.82, 2.24) is 4.90 Å². The molecule has 3 nitrogen and oxygen atoms in total. The van der Waals surface area contributed by atoms with Gasteiger partial charge in [-0.2, -0.15) is 0 Å². The lowest BCUT2D eigenvalue weighted by Crippen LogP contribution is -2.21. The fourth-order valence-corrected chi connectivity index (χ4v) is 0.961. The zero-order valence-corrected chi connectivity index (χ0v) is 5.40. The van der Waals surface area contributed by atoms with Gasteiger partial charge >= 0.3 is 0 Å². The highest BCUT2D eigenvalue weighted by molar-refractivity contribution is 5.20. The lowest BCUT2D eigenvalue weighted by atomic mass is 10.2. The molecular formula is C7H8N2O. The maximum Gasteiger partial charge on any atom is 0.201 e. The third-order valence-corrected chi connectivity index (χ3v) is 1.47. The van der Waals surface area contributed by atoms with E-state index in [4.69, 9.17) is 10.5 Å². The lowest BCUT2D eigenvalue weighted by molar-refractivity contribution is 0.300. The second-order valence-corrected chi connectivity index (χ2v) is 2.23. The SMILES string of the molecule is N[C@H]1C=CN2C=COC2=C1. The van der Waals surface area contributed by atoms with Gasteiger partial charge in [0.05, 0.1) is 0 Å². The summed E-state index contributed by atoms with van der Waals surface area (Å²) >= 11 is 0. The quantitative estimate of drug-likeness (QED) is 0.526. The molecule has 2 aliphatic heterocycles.